The molecule has 0 unspecified atom stereocenters. The van der Waals surface area contributed by atoms with Gasteiger partial charge in [-0.05, 0) is 43.8 Å². The number of nitrogen functional groups attached to an aromatic ring is 1. The minimum atomic E-state index is -0.0873. The highest BCUT2D eigenvalue weighted by Gasteiger charge is 2.10. The van der Waals surface area contributed by atoms with Gasteiger partial charge in [0.2, 0.25) is 5.91 Å². The predicted molar refractivity (Wildman–Crippen MR) is 89.9 cm³/mol. The standard InChI is InChI=1S/C15H18ClN3OS/c1-10-3-5-13(12(17)7-10)18-15(20)9-19(2)8-11-4-6-14(16)21-11/h3-7H,8-9,17H2,1-2H3,(H,18,20). The average Bonchev–Trinajstić information content (AvgIpc) is 2.78. The number of nitrogens with one attached hydrogen (secondary N) is 1. The first-order valence-electron chi connectivity index (χ1n) is 6.53. The summed E-state index contributed by atoms with van der Waals surface area (Å²) in [5.74, 6) is -0.0873. The van der Waals surface area contributed by atoms with E-state index in [4.69, 9.17) is 17.3 Å². The van der Waals surface area contributed by atoms with Crippen LogP contribution in [0.15, 0.2) is 30.3 Å². The average molecular weight is 324 g/mol. The molecule has 0 aliphatic heterocycles. The van der Waals surface area contributed by atoms with E-state index in [1.54, 1.807) is 0 Å². The molecular formula is C15H18ClN3OS. The molecule has 0 atom stereocenters. The van der Waals surface area contributed by atoms with Gasteiger partial charge in [0.15, 0.2) is 0 Å². The summed E-state index contributed by atoms with van der Waals surface area (Å²) >= 11 is 7.42. The third kappa shape index (κ3) is 4.74. The molecule has 1 aromatic carbocycles. The zero-order valence-corrected chi connectivity index (χ0v) is 13.6. The van der Waals surface area contributed by atoms with E-state index in [9.17, 15) is 4.79 Å². The number of hydrogen-bond donors (Lipinski definition) is 2. The second kappa shape index (κ2) is 6.93. The minimum Gasteiger partial charge on any atom is -0.397 e. The van der Waals surface area contributed by atoms with Crippen molar-refractivity contribution in [3.05, 3.63) is 45.1 Å². The number of halogens is 1. The highest BCUT2D eigenvalue weighted by molar-refractivity contribution is 7.16. The summed E-state index contributed by atoms with van der Waals surface area (Å²) in [7, 11) is 1.89. The van der Waals surface area contributed by atoms with Crippen molar-refractivity contribution >= 4 is 40.2 Å². The highest BCUT2D eigenvalue weighted by Crippen LogP contribution is 2.22. The molecule has 6 heteroatoms. The third-order valence-electron chi connectivity index (χ3n) is 2.95. The molecule has 0 bridgehead atoms. The van der Waals surface area contributed by atoms with Crippen molar-refractivity contribution in [2.45, 2.75) is 13.5 Å². The topological polar surface area (TPSA) is 58.4 Å². The van der Waals surface area contributed by atoms with Crippen LogP contribution in [0.4, 0.5) is 11.4 Å². The molecule has 0 saturated carbocycles. The van der Waals surface area contributed by atoms with Gasteiger partial charge in [0.1, 0.15) is 0 Å². The van der Waals surface area contributed by atoms with Crippen LogP contribution in [-0.4, -0.2) is 24.4 Å². The molecule has 0 aliphatic carbocycles. The molecule has 3 N–H and O–H groups in total. The van der Waals surface area contributed by atoms with Crippen LogP contribution in [0.2, 0.25) is 4.34 Å². The molecule has 0 saturated heterocycles. The van der Waals surface area contributed by atoms with Gasteiger partial charge in [-0.2, -0.15) is 0 Å². The maximum atomic E-state index is 12.0. The quantitative estimate of drug-likeness (QED) is 0.829. The summed E-state index contributed by atoms with van der Waals surface area (Å²) in [6.45, 7) is 2.94. The number of rotatable bonds is 5. The normalized spacial score (nSPS) is 10.9. The largest absolute Gasteiger partial charge is 0.397 e. The number of benzene rings is 1. The molecule has 112 valence electrons. The smallest absolute Gasteiger partial charge is 0.238 e. The number of amides is 1. The van der Waals surface area contributed by atoms with Gasteiger partial charge in [0, 0.05) is 11.4 Å². The maximum Gasteiger partial charge on any atom is 0.238 e. The molecule has 0 spiro atoms. The first-order valence-corrected chi connectivity index (χ1v) is 7.72. The van der Waals surface area contributed by atoms with E-state index in [1.165, 1.54) is 11.3 Å². The second-order valence-electron chi connectivity index (χ2n) is 5.02. The Morgan fingerprint density at radius 1 is 1.38 bits per heavy atom. The van der Waals surface area contributed by atoms with Crippen molar-refractivity contribution in [3.63, 3.8) is 0 Å². The van der Waals surface area contributed by atoms with E-state index in [0.717, 1.165) is 14.8 Å². The zero-order valence-electron chi connectivity index (χ0n) is 12.0. The van der Waals surface area contributed by atoms with Crippen molar-refractivity contribution in [1.29, 1.82) is 0 Å². The van der Waals surface area contributed by atoms with E-state index < -0.39 is 0 Å². The second-order valence-corrected chi connectivity index (χ2v) is 6.82. The maximum absolute atomic E-state index is 12.0. The lowest BCUT2D eigenvalue weighted by Gasteiger charge is -2.16. The van der Waals surface area contributed by atoms with Crippen LogP contribution in [0, 0.1) is 6.92 Å². The lowest BCUT2D eigenvalue weighted by molar-refractivity contribution is -0.117. The van der Waals surface area contributed by atoms with E-state index in [0.29, 0.717) is 24.5 Å². The summed E-state index contributed by atoms with van der Waals surface area (Å²) in [5, 5.41) is 2.83. The molecule has 0 radical (unpaired) electrons. The van der Waals surface area contributed by atoms with Gasteiger partial charge in [-0.15, -0.1) is 11.3 Å². The number of carbonyl (C=O) groups excluding carboxylic acids is 1. The Labute approximate surface area is 133 Å². The molecule has 0 aliphatic rings. The van der Waals surface area contributed by atoms with Gasteiger partial charge in [0.25, 0.3) is 0 Å². The summed E-state index contributed by atoms with van der Waals surface area (Å²) in [6, 6.07) is 9.42. The van der Waals surface area contributed by atoms with E-state index in [1.807, 2.05) is 49.2 Å². The van der Waals surface area contributed by atoms with Crippen LogP contribution in [0.1, 0.15) is 10.4 Å². The summed E-state index contributed by atoms with van der Waals surface area (Å²) in [5.41, 5.74) is 8.18. The first kappa shape index (κ1) is 15.8. The molecular weight excluding hydrogens is 306 g/mol. The van der Waals surface area contributed by atoms with Crippen molar-refractivity contribution in [2.24, 2.45) is 0 Å². The number of thiophene rings is 1. The van der Waals surface area contributed by atoms with Gasteiger partial charge in [-0.1, -0.05) is 17.7 Å². The zero-order chi connectivity index (χ0) is 15.4. The van der Waals surface area contributed by atoms with Crippen LogP contribution < -0.4 is 11.1 Å². The predicted octanol–water partition coefficient (Wildman–Crippen LogP) is 3.36. The molecule has 1 aromatic heterocycles. The summed E-state index contributed by atoms with van der Waals surface area (Å²) in [4.78, 5) is 15.1. The molecule has 2 rings (SSSR count). The molecule has 21 heavy (non-hydrogen) atoms. The molecule has 1 amide bonds. The van der Waals surface area contributed by atoms with Gasteiger partial charge in [0.05, 0.1) is 22.3 Å². The number of nitrogens with zero attached hydrogens (tertiary/aromatic N) is 1. The summed E-state index contributed by atoms with van der Waals surface area (Å²) < 4.78 is 0.760. The van der Waals surface area contributed by atoms with Gasteiger partial charge < -0.3 is 11.1 Å². The van der Waals surface area contributed by atoms with Crippen LogP contribution in [-0.2, 0) is 11.3 Å². The lowest BCUT2D eigenvalue weighted by atomic mass is 10.2. The van der Waals surface area contributed by atoms with Gasteiger partial charge in [-0.25, -0.2) is 0 Å². The number of nitrogens with two attached hydrogens (primary N) is 1. The van der Waals surface area contributed by atoms with E-state index in [-0.39, 0.29) is 5.91 Å². The van der Waals surface area contributed by atoms with Crippen molar-refractivity contribution < 1.29 is 4.79 Å². The fourth-order valence-corrected chi connectivity index (χ4v) is 3.16. The van der Waals surface area contributed by atoms with E-state index in [2.05, 4.69) is 5.32 Å². The monoisotopic (exact) mass is 323 g/mol. The Morgan fingerprint density at radius 2 is 2.14 bits per heavy atom. The SMILES string of the molecule is Cc1ccc(NC(=O)CN(C)Cc2ccc(Cl)s2)c(N)c1. The Bertz CT molecular complexity index is 642. The Balaban J connectivity index is 1.89. The van der Waals surface area contributed by atoms with Crippen molar-refractivity contribution in [3.8, 4) is 0 Å². The number of hydrogen-bond acceptors (Lipinski definition) is 4. The van der Waals surface area contributed by atoms with Crippen molar-refractivity contribution in [2.75, 3.05) is 24.6 Å². The molecule has 4 nitrogen and oxygen atoms in total. The fourth-order valence-electron chi connectivity index (χ4n) is 1.99. The highest BCUT2D eigenvalue weighted by atomic mass is 35.5. The number of aryl methyl sites for hydroxylation is 1. The number of anilines is 2. The third-order valence-corrected chi connectivity index (χ3v) is 4.17. The van der Waals surface area contributed by atoms with Gasteiger partial charge in [-0.3, -0.25) is 9.69 Å². The van der Waals surface area contributed by atoms with Crippen LogP contribution in [0.5, 0.6) is 0 Å². The molecule has 2 aromatic rings. The Morgan fingerprint density at radius 3 is 2.76 bits per heavy atom. The van der Waals surface area contributed by atoms with E-state index >= 15 is 0 Å². The summed E-state index contributed by atoms with van der Waals surface area (Å²) in [6.07, 6.45) is 0. The van der Waals surface area contributed by atoms with Crippen LogP contribution in [0.25, 0.3) is 0 Å². The van der Waals surface area contributed by atoms with Crippen molar-refractivity contribution in [1.82, 2.24) is 4.90 Å². The lowest BCUT2D eigenvalue weighted by Crippen LogP contribution is -2.29. The Kier molecular flexibility index (Phi) is 5.22. The molecule has 0 fully saturated rings. The number of likely N-dealkylation sites (N-methyl/N-ethyl adjacent to an activating group) is 1. The number of carbonyl (C=O) groups is 1. The fraction of sp³-hybridized carbons (Fsp3) is 0.267. The molecule has 1 heterocycles. The van der Waals surface area contributed by atoms with Crippen LogP contribution in [0.3, 0.4) is 0 Å². The van der Waals surface area contributed by atoms with Crippen LogP contribution >= 0.6 is 22.9 Å². The van der Waals surface area contributed by atoms with Gasteiger partial charge >= 0.3 is 0 Å². The first-order chi connectivity index (χ1) is 9.94. The minimum absolute atomic E-state index is 0.0873. The Hall–Kier alpha value is -1.56.